The summed E-state index contributed by atoms with van der Waals surface area (Å²) >= 11 is 0. The molecule has 1 heterocycles. The molecule has 0 amide bonds. The number of nitrogens with zero attached hydrogens (tertiary/aromatic N) is 1. The van der Waals surface area contributed by atoms with Gasteiger partial charge in [0.2, 0.25) is 0 Å². The maximum atomic E-state index is 11.1. The van der Waals surface area contributed by atoms with E-state index in [1.54, 1.807) is 6.26 Å². The van der Waals surface area contributed by atoms with Crippen molar-refractivity contribution in [1.29, 1.82) is 0 Å². The van der Waals surface area contributed by atoms with E-state index >= 15 is 0 Å². The highest BCUT2D eigenvalue weighted by Gasteiger charge is 2.10. The molecule has 0 spiro atoms. The molecule has 0 aromatic carbocycles. The Morgan fingerprint density at radius 3 is 2.94 bits per heavy atom. The van der Waals surface area contributed by atoms with E-state index in [-0.39, 0.29) is 10.9 Å². The molecule has 2 unspecified atom stereocenters. The van der Waals surface area contributed by atoms with Crippen LogP contribution in [-0.2, 0) is 17.3 Å². The highest BCUT2D eigenvalue weighted by molar-refractivity contribution is 7.84. The van der Waals surface area contributed by atoms with Crippen molar-refractivity contribution in [2.24, 2.45) is 0 Å². The Hall–Kier alpha value is -1.21. The summed E-state index contributed by atoms with van der Waals surface area (Å²) in [5.74, 6) is -0.623. The molecular formula is C10H16N2O4S. The van der Waals surface area contributed by atoms with Crippen molar-refractivity contribution in [3.8, 4) is 0 Å². The Morgan fingerprint density at radius 2 is 2.41 bits per heavy atom. The molecule has 1 aromatic heterocycles. The molecule has 7 heteroatoms. The normalized spacial score (nSPS) is 14.5. The van der Waals surface area contributed by atoms with Crippen molar-refractivity contribution < 1.29 is 18.6 Å². The lowest BCUT2D eigenvalue weighted by atomic mass is 10.3. The third-order valence-electron chi connectivity index (χ3n) is 2.37. The minimum absolute atomic E-state index is 0.0928. The van der Waals surface area contributed by atoms with Gasteiger partial charge < -0.3 is 14.9 Å². The third kappa shape index (κ3) is 4.66. The summed E-state index contributed by atoms with van der Waals surface area (Å²) < 4.78 is 15.9. The van der Waals surface area contributed by atoms with Gasteiger partial charge in [0.25, 0.3) is 0 Å². The van der Waals surface area contributed by atoms with Gasteiger partial charge in [-0.25, -0.2) is 4.79 Å². The highest BCUT2D eigenvalue weighted by atomic mass is 32.2. The Labute approximate surface area is 102 Å². The minimum Gasteiger partial charge on any atom is -0.476 e. The van der Waals surface area contributed by atoms with E-state index in [2.05, 4.69) is 10.5 Å². The Balaban J connectivity index is 2.26. The lowest BCUT2D eigenvalue weighted by Crippen LogP contribution is -2.20. The van der Waals surface area contributed by atoms with Crippen LogP contribution in [0.1, 0.15) is 29.6 Å². The lowest BCUT2D eigenvalue weighted by Gasteiger charge is -2.07. The molecule has 0 aliphatic carbocycles. The van der Waals surface area contributed by atoms with Crippen LogP contribution in [0.25, 0.3) is 0 Å². The van der Waals surface area contributed by atoms with E-state index < -0.39 is 16.8 Å². The van der Waals surface area contributed by atoms with Gasteiger partial charge in [-0.3, -0.25) is 4.21 Å². The first-order valence-electron chi connectivity index (χ1n) is 5.22. The van der Waals surface area contributed by atoms with Crippen molar-refractivity contribution in [1.82, 2.24) is 10.5 Å². The average molecular weight is 260 g/mol. The highest BCUT2D eigenvalue weighted by Crippen LogP contribution is 2.03. The molecular weight excluding hydrogens is 244 g/mol. The predicted octanol–water partition coefficient (Wildman–Crippen LogP) is 0.619. The summed E-state index contributed by atoms with van der Waals surface area (Å²) in [6.07, 6.45) is 2.48. The quantitative estimate of drug-likeness (QED) is 0.698. The van der Waals surface area contributed by atoms with Gasteiger partial charge >= 0.3 is 5.97 Å². The summed E-state index contributed by atoms with van der Waals surface area (Å²) in [6.45, 7) is 3.04. The average Bonchev–Trinajstić information content (AvgIpc) is 2.72. The monoisotopic (exact) mass is 260 g/mol. The van der Waals surface area contributed by atoms with Gasteiger partial charge in [-0.1, -0.05) is 12.1 Å². The van der Waals surface area contributed by atoms with E-state index in [1.165, 1.54) is 6.07 Å². The van der Waals surface area contributed by atoms with Gasteiger partial charge in [-0.05, 0) is 13.0 Å². The van der Waals surface area contributed by atoms with Gasteiger partial charge in [-0.2, -0.15) is 0 Å². The molecule has 2 atom stereocenters. The van der Waals surface area contributed by atoms with E-state index in [4.69, 9.17) is 9.63 Å². The van der Waals surface area contributed by atoms with Crippen molar-refractivity contribution in [3.05, 3.63) is 17.5 Å². The number of hydrogen-bond donors (Lipinski definition) is 2. The standard InChI is InChI=1S/C10H16N2O4S/c1-7(17(2)15)3-4-11-6-8-5-9(10(13)14)12-16-8/h5,7,11H,3-4,6H2,1-2H3,(H,13,14). The first kappa shape index (κ1) is 13.9. The van der Waals surface area contributed by atoms with Crippen molar-refractivity contribution in [3.63, 3.8) is 0 Å². The fourth-order valence-electron chi connectivity index (χ4n) is 1.18. The minimum atomic E-state index is -1.10. The van der Waals surface area contributed by atoms with Crippen molar-refractivity contribution in [2.45, 2.75) is 25.1 Å². The molecule has 0 aliphatic rings. The smallest absolute Gasteiger partial charge is 0.358 e. The summed E-state index contributed by atoms with van der Waals surface area (Å²) in [5, 5.41) is 15.2. The topological polar surface area (TPSA) is 92.4 Å². The van der Waals surface area contributed by atoms with Crippen LogP contribution in [0.5, 0.6) is 0 Å². The molecule has 17 heavy (non-hydrogen) atoms. The molecule has 0 aliphatic heterocycles. The van der Waals surface area contributed by atoms with Crippen LogP contribution in [0, 0.1) is 0 Å². The van der Waals surface area contributed by atoms with Crippen molar-refractivity contribution >= 4 is 16.8 Å². The fraction of sp³-hybridized carbons (Fsp3) is 0.600. The second-order valence-electron chi connectivity index (χ2n) is 3.76. The summed E-state index contributed by atoms with van der Waals surface area (Å²) in [5.41, 5.74) is -0.0928. The summed E-state index contributed by atoms with van der Waals surface area (Å²) in [6, 6.07) is 1.39. The van der Waals surface area contributed by atoms with Crippen molar-refractivity contribution in [2.75, 3.05) is 12.8 Å². The maximum absolute atomic E-state index is 11.1. The number of nitrogens with one attached hydrogen (secondary N) is 1. The van der Waals surface area contributed by atoms with Crippen LogP contribution in [0.2, 0.25) is 0 Å². The second kappa shape index (κ2) is 6.51. The SMILES string of the molecule is CC(CCNCc1cc(C(=O)O)no1)S(C)=O. The van der Waals surface area contributed by atoms with Crippen LogP contribution in [-0.4, -0.2) is 38.5 Å². The fourth-order valence-corrected chi connectivity index (χ4v) is 1.63. The Morgan fingerprint density at radius 1 is 1.71 bits per heavy atom. The number of aromatic carboxylic acids is 1. The van der Waals surface area contributed by atoms with Gasteiger partial charge in [0.05, 0.1) is 6.54 Å². The predicted molar refractivity (Wildman–Crippen MR) is 63.3 cm³/mol. The molecule has 6 nitrogen and oxygen atoms in total. The molecule has 1 rings (SSSR count). The summed E-state index contributed by atoms with van der Waals surface area (Å²) in [7, 11) is -0.814. The number of rotatable bonds is 7. The largest absolute Gasteiger partial charge is 0.476 e. The molecule has 1 aromatic rings. The van der Waals surface area contributed by atoms with Gasteiger partial charge in [0.1, 0.15) is 0 Å². The Bertz CT molecular complexity index is 405. The first-order valence-corrected chi connectivity index (χ1v) is 6.84. The van der Waals surface area contributed by atoms with Gasteiger partial charge in [0.15, 0.2) is 11.5 Å². The van der Waals surface area contributed by atoms with E-state index in [1.807, 2.05) is 6.92 Å². The molecule has 2 N–H and O–H groups in total. The summed E-state index contributed by atoms with van der Waals surface area (Å²) in [4.78, 5) is 10.5. The molecule has 96 valence electrons. The zero-order valence-electron chi connectivity index (χ0n) is 9.80. The zero-order valence-corrected chi connectivity index (χ0v) is 10.6. The first-order chi connectivity index (χ1) is 8.00. The molecule has 0 saturated carbocycles. The molecule has 0 fully saturated rings. The third-order valence-corrected chi connectivity index (χ3v) is 3.74. The van der Waals surface area contributed by atoms with Crippen LogP contribution in [0.3, 0.4) is 0 Å². The number of carboxylic acids is 1. The number of hydrogen-bond acceptors (Lipinski definition) is 5. The van der Waals surface area contributed by atoms with Crippen LogP contribution in [0.4, 0.5) is 0 Å². The van der Waals surface area contributed by atoms with Gasteiger partial charge in [-0.15, -0.1) is 0 Å². The van der Waals surface area contributed by atoms with Crippen LogP contribution < -0.4 is 5.32 Å². The van der Waals surface area contributed by atoms with E-state index in [0.29, 0.717) is 18.8 Å². The maximum Gasteiger partial charge on any atom is 0.358 e. The second-order valence-corrected chi connectivity index (χ2v) is 5.56. The lowest BCUT2D eigenvalue weighted by molar-refractivity contribution is 0.0685. The number of carboxylic acid groups (broad SMARTS) is 1. The van der Waals surface area contributed by atoms with Crippen LogP contribution in [0.15, 0.2) is 10.6 Å². The van der Waals surface area contributed by atoms with Gasteiger partial charge in [0, 0.05) is 28.4 Å². The molecule has 0 radical (unpaired) electrons. The molecule has 0 bridgehead atoms. The Kier molecular flexibility index (Phi) is 5.30. The number of carbonyl (C=O) groups is 1. The molecule has 0 saturated heterocycles. The van der Waals surface area contributed by atoms with Crippen LogP contribution >= 0.6 is 0 Å². The zero-order chi connectivity index (χ0) is 12.8. The number of aromatic nitrogens is 1. The van der Waals surface area contributed by atoms with E-state index in [9.17, 15) is 9.00 Å². The van der Waals surface area contributed by atoms with E-state index in [0.717, 1.165) is 6.42 Å².